The van der Waals surface area contributed by atoms with E-state index in [-0.39, 0.29) is 24.1 Å². The van der Waals surface area contributed by atoms with Crippen LogP contribution in [0.3, 0.4) is 0 Å². The number of nitrogens with zero attached hydrogens (tertiary/aromatic N) is 1. The van der Waals surface area contributed by atoms with E-state index in [1.807, 2.05) is 12.1 Å². The van der Waals surface area contributed by atoms with E-state index in [0.717, 1.165) is 6.42 Å². The Labute approximate surface area is 155 Å². The average molecular weight is 343 g/mol. The molecule has 2 heteroatoms. The predicted molar refractivity (Wildman–Crippen MR) is 106 cm³/mol. The van der Waals surface area contributed by atoms with Gasteiger partial charge in [0.2, 0.25) is 0 Å². The smallest absolute Gasteiger partial charge is 0.0645 e. The second-order valence-corrected chi connectivity index (χ2v) is 7.19. The first-order chi connectivity index (χ1) is 12.8. The molecular formula is C24H25NO. The first-order valence-corrected chi connectivity index (χ1v) is 9.30. The van der Waals surface area contributed by atoms with E-state index in [9.17, 15) is 5.11 Å². The number of rotatable bonds is 3. The Hall–Kier alpha value is -2.42. The Balaban J connectivity index is 1.78. The number of aliphatic hydroxyl groups is 1. The van der Waals surface area contributed by atoms with E-state index in [1.165, 1.54) is 16.7 Å². The normalized spacial score (nSPS) is 26.5. The number of hydrogen-bond donors (Lipinski definition) is 1. The number of hydrogen-bond acceptors (Lipinski definition) is 2. The number of benzene rings is 3. The van der Waals surface area contributed by atoms with Crippen molar-refractivity contribution in [2.45, 2.75) is 30.5 Å². The number of aliphatic hydroxyl groups excluding tert-OH is 1. The Morgan fingerprint density at radius 3 is 1.69 bits per heavy atom. The average Bonchev–Trinajstić information content (AvgIpc) is 2.71. The summed E-state index contributed by atoms with van der Waals surface area (Å²) in [6.07, 6.45) is 0.354. The molecule has 1 aliphatic heterocycles. The molecule has 3 aromatic carbocycles. The SMILES string of the molecule is CN1[C@@H](c2ccccc2)C[C@H](O)[C@H](c2ccccc2)[C@@H]1c1ccccc1. The van der Waals surface area contributed by atoms with Gasteiger partial charge in [0.25, 0.3) is 0 Å². The van der Waals surface area contributed by atoms with Crippen LogP contribution < -0.4 is 0 Å². The van der Waals surface area contributed by atoms with E-state index in [2.05, 4.69) is 90.8 Å². The van der Waals surface area contributed by atoms with Gasteiger partial charge in [-0.2, -0.15) is 0 Å². The Morgan fingerprint density at radius 2 is 1.15 bits per heavy atom. The maximum Gasteiger partial charge on any atom is 0.0645 e. The highest BCUT2D eigenvalue weighted by molar-refractivity contribution is 5.32. The molecule has 1 fully saturated rings. The molecule has 4 rings (SSSR count). The van der Waals surface area contributed by atoms with Gasteiger partial charge in [0.05, 0.1) is 6.10 Å². The molecule has 4 atom stereocenters. The summed E-state index contributed by atoms with van der Waals surface area (Å²) in [5.74, 6) is 0.0589. The van der Waals surface area contributed by atoms with Crippen LogP contribution >= 0.6 is 0 Å². The molecule has 1 heterocycles. The Bertz CT molecular complexity index is 819. The number of likely N-dealkylation sites (tertiary alicyclic amines) is 1. The van der Waals surface area contributed by atoms with Gasteiger partial charge in [-0.1, -0.05) is 91.0 Å². The third kappa shape index (κ3) is 3.18. The first kappa shape index (κ1) is 17.0. The van der Waals surface area contributed by atoms with Gasteiger partial charge in [0.1, 0.15) is 0 Å². The summed E-state index contributed by atoms with van der Waals surface area (Å²) < 4.78 is 0. The van der Waals surface area contributed by atoms with Gasteiger partial charge in [0.15, 0.2) is 0 Å². The number of piperidine rings is 1. The van der Waals surface area contributed by atoms with Crippen molar-refractivity contribution in [2.75, 3.05) is 7.05 Å². The van der Waals surface area contributed by atoms with Crippen molar-refractivity contribution in [1.29, 1.82) is 0 Å². The van der Waals surface area contributed by atoms with E-state index >= 15 is 0 Å². The highest BCUT2D eigenvalue weighted by Crippen LogP contribution is 2.48. The van der Waals surface area contributed by atoms with E-state index in [1.54, 1.807) is 0 Å². The van der Waals surface area contributed by atoms with E-state index in [0.29, 0.717) is 0 Å². The standard InChI is InChI=1S/C24H25NO/c1-25-21(18-11-5-2-6-12-18)17-22(26)23(19-13-7-3-8-14-19)24(25)20-15-9-4-10-16-20/h2-16,21-24,26H,17H2,1H3/t21-,22+,23+,24+/m1/s1. The zero-order valence-electron chi connectivity index (χ0n) is 15.1. The van der Waals surface area contributed by atoms with E-state index < -0.39 is 0 Å². The molecule has 1 aliphatic rings. The second-order valence-electron chi connectivity index (χ2n) is 7.19. The molecule has 0 spiro atoms. The highest BCUT2D eigenvalue weighted by Gasteiger charge is 2.42. The van der Waals surface area contributed by atoms with Gasteiger partial charge in [-0.3, -0.25) is 4.90 Å². The lowest BCUT2D eigenvalue weighted by Crippen LogP contribution is -2.44. The molecule has 0 unspecified atom stereocenters. The van der Waals surface area contributed by atoms with Crippen LogP contribution in [0.5, 0.6) is 0 Å². The van der Waals surface area contributed by atoms with Crippen LogP contribution in [-0.2, 0) is 0 Å². The molecule has 3 aromatic rings. The molecular weight excluding hydrogens is 318 g/mol. The summed E-state index contributed by atoms with van der Waals surface area (Å²) in [5.41, 5.74) is 3.72. The van der Waals surface area contributed by atoms with Crippen molar-refractivity contribution in [3.8, 4) is 0 Å². The topological polar surface area (TPSA) is 23.5 Å². The van der Waals surface area contributed by atoms with Gasteiger partial charge in [-0.05, 0) is 30.2 Å². The molecule has 0 radical (unpaired) electrons. The van der Waals surface area contributed by atoms with Crippen molar-refractivity contribution in [1.82, 2.24) is 4.90 Å². The molecule has 26 heavy (non-hydrogen) atoms. The maximum atomic E-state index is 11.2. The van der Waals surface area contributed by atoms with Gasteiger partial charge < -0.3 is 5.11 Å². The Kier molecular flexibility index (Phi) is 4.87. The minimum atomic E-state index is -0.385. The van der Waals surface area contributed by atoms with Gasteiger partial charge >= 0.3 is 0 Å². The lowest BCUT2D eigenvalue weighted by molar-refractivity contribution is -0.00811. The van der Waals surface area contributed by atoms with Crippen LogP contribution in [0.4, 0.5) is 0 Å². The van der Waals surface area contributed by atoms with Crippen LogP contribution in [0.25, 0.3) is 0 Å². The minimum absolute atomic E-state index is 0.0589. The van der Waals surface area contributed by atoms with Crippen LogP contribution in [0.15, 0.2) is 91.0 Å². The lowest BCUT2D eigenvalue weighted by Gasteiger charge is -2.47. The quantitative estimate of drug-likeness (QED) is 0.727. The molecule has 2 nitrogen and oxygen atoms in total. The van der Waals surface area contributed by atoms with Crippen LogP contribution in [0.1, 0.15) is 41.1 Å². The monoisotopic (exact) mass is 343 g/mol. The summed E-state index contributed by atoms with van der Waals surface area (Å²) in [7, 11) is 2.19. The van der Waals surface area contributed by atoms with Crippen LogP contribution in [0, 0.1) is 0 Å². The Morgan fingerprint density at radius 1 is 0.692 bits per heavy atom. The summed E-state index contributed by atoms with van der Waals surface area (Å²) in [6, 6.07) is 31.9. The minimum Gasteiger partial charge on any atom is -0.392 e. The summed E-state index contributed by atoms with van der Waals surface area (Å²) in [4.78, 5) is 2.44. The molecule has 132 valence electrons. The molecule has 0 amide bonds. The third-order valence-corrected chi connectivity index (χ3v) is 5.66. The molecule has 0 bridgehead atoms. The molecule has 0 saturated carbocycles. The fourth-order valence-electron chi connectivity index (χ4n) is 4.42. The molecule has 1 saturated heterocycles. The van der Waals surface area contributed by atoms with Crippen molar-refractivity contribution in [2.24, 2.45) is 0 Å². The predicted octanol–water partition coefficient (Wildman–Crippen LogP) is 4.95. The van der Waals surface area contributed by atoms with Crippen molar-refractivity contribution in [3.05, 3.63) is 108 Å². The van der Waals surface area contributed by atoms with Gasteiger partial charge in [-0.25, -0.2) is 0 Å². The van der Waals surface area contributed by atoms with Gasteiger partial charge in [0, 0.05) is 18.0 Å². The van der Waals surface area contributed by atoms with Crippen molar-refractivity contribution >= 4 is 0 Å². The zero-order valence-corrected chi connectivity index (χ0v) is 15.1. The van der Waals surface area contributed by atoms with Crippen molar-refractivity contribution in [3.63, 3.8) is 0 Å². The largest absolute Gasteiger partial charge is 0.392 e. The zero-order chi connectivity index (χ0) is 17.9. The third-order valence-electron chi connectivity index (χ3n) is 5.66. The summed E-state index contributed by atoms with van der Waals surface area (Å²) >= 11 is 0. The molecule has 1 N–H and O–H groups in total. The molecule has 0 aromatic heterocycles. The lowest BCUT2D eigenvalue weighted by atomic mass is 9.75. The highest BCUT2D eigenvalue weighted by atomic mass is 16.3. The summed E-state index contributed by atoms with van der Waals surface area (Å²) in [5, 5.41) is 11.2. The maximum absolute atomic E-state index is 11.2. The van der Waals surface area contributed by atoms with E-state index in [4.69, 9.17) is 0 Å². The number of likely N-dealkylation sites (N-methyl/N-ethyl adjacent to an activating group) is 1. The van der Waals surface area contributed by atoms with Gasteiger partial charge in [-0.15, -0.1) is 0 Å². The van der Waals surface area contributed by atoms with Crippen LogP contribution in [0.2, 0.25) is 0 Å². The molecule has 0 aliphatic carbocycles. The fraction of sp³-hybridized carbons (Fsp3) is 0.250. The fourth-order valence-corrected chi connectivity index (χ4v) is 4.42. The van der Waals surface area contributed by atoms with Crippen LogP contribution in [-0.4, -0.2) is 23.2 Å². The second kappa shape index (κ2) is 7.45. The summed E-state index contributed by atoms with van der Waals surface area (Å²) in [6.45, 7) is 0. The first-order valence-electron chi connectivity index (χ1n) is 9.30. The van der Waals surface area contributed by atoms with Crippen molar-refractivity contribution < 1.29 is 5.11 Å².